The molecule has 0 aromatic heterocycles. The molecule has 2 aromatic carbocycles. The van der Waals surface area contributed by atoms with Crippen molar-refractivity contribution >= 4 is 0 Å². The van der Waals surface area contributed by atoms with E-state index in [0.29, 0.717) is 0 Å². The van der Waals surface area contributed by atoms with Crippen LogP contribution in [0.25, 0.3) is 0 Å². The van der Waals surface area contributed by atoms with Crippen molar-refractivity contribution in [2.24, 2.45) is 0 Å². The van der Waals surface area contributed by atoms with Crippen LogP contribution in [-0.2, 0) is 32.5 Å². The first kappa shape index (κ1) is 32.7. The van der Waals surface area contributed by atoms with Gasteiger partial charge in [-0.05, 0) is 77.0 Å². The summed E-state index contributed by atoms with van der Waals surface area (Å²) in [6, 6.07) is 9.81. The predicted molar refractivity (Wildman–Crippen MR) is 173 cm³/mol. The Morgan fingerprint density at radius 2 is 0.553 bits per heavy atom. The van der Waals surface area contributed by atoms with Crippen LogP contribution in [0.1, 0.15) is 182 Å². The maximum absolute atomic E-state index is 2.51. The highest BCUT2D eigenvalue weighted by atomic mass is 14.4. The molecule has 0 fully saturated rings. The molecule has 38 heavy (non-hydrogen) atoms. The first-order valence-corrected chi connectivity index (χ1v) is 15.0. The summed E-state index contributed by atoms with van der Waals surface area (Å²) in [5.74, 6) is 0.270. The first-order chi connectivity index (χ1) is 16.6. The van der Waals surface area contributed by atoms with Crippen molar-refractivity contribution in [3.63, 3.8) is 0 Å². The number of rotatable bonds is 2. The maximum atomic E-state index is 2.51. The van der Waals surface area contributed by atoms with E-state index < -0.39 is 0 Å². The van der Waals surface area contributed by atoms with Crippen LogP contribution in [0.3, 0.4) is 0 Å². The highest BCUT2D eigenvalue weighted by molar-refractivity contribution is 5.59. The number of hydrogen-bond donors (Lipinski definition) is 0. The smallest absolute Gasteiger partial charge is 0.00729 e. The molecule has 2 rings (SSSR count). The highest BCUT2D eigenvalue weighted by Gasteiger charge is 2.38. The van der Waals surface area contributed by atoms with E-state index in [1.807, 2.05) is 0 Å². The van der Waals surface area contributed by atoms with Gasteiger partial charge >= 0.3 is 0 Å². The molecular weight excluding hydrogens is 456 g/mol. The van der Waals surface area contributed by atoms with E-state index in [2.05, 4.69) is 156 Å². The molecule has 0 heteroatoms. The fourth-order valence-corrected chi connectivity index (χ4v) is 6.46. The molecule has 0 nitrogen and oxygen atoms in total. The number of benzene rings is 2. The third-order valence-corrected chi connectivity index (χ3v) is 8.09. The molecule has 0 saturated heterocycles. The third-order valence-electron chi connectivity index (χ3n) is 8.09. The topological polar surface area (TPSA) is 0 Å². The van der Waals surface area contributed by atoms with Crippen LogP contribution in [0.5, 0.6) is 0 Å². The Morgan fingerprint density at radius 3 is 0.737 bits per heavy atom. The van der Waals surface area contributed by atoms with Gasteiger partial charge in [0.05, 0.1) is 0 Å². The Labute approximate surface area is 238 Å². The summed E-state index contributed by atoms with van der Waals surface area (Å²) < 4.78 is 0. The SMILES string of the molecule is CC(c1c(C(C)(C)C)ccc(C(C)(C)C)c1C(C)(C)C)c1c(C(C)(C)C)ccc(C(C)(C)C)c1C(C)(C)C. The molecule has 0 aliphatic heterocycles. The van der Waals surface area contributed by atoms with Gasteiger partial charge in [0, 0.05) is 5.92 Å². The van der Waals surface area contributed by atoms with Crippen molar-refractivity contribution in [1.29, 1.82) is 0 Å². The van der Waals surface area contributed by atoms with Gasteiger partial charge in [0.15, 0.2) is 0 Å². The normalized spacial score (nSPS) is 14.4. The van der Waals surface area contributed by atoms with Gasteiger partial charge in [0.25, 0.3) is 0 Å². The molecule has 0 radical (unpaired) electrons. The Kier molecular flexibility index (Phi) is 8.43. The maximum Gasteiger partial charge on any atom is 0.00729 e. The Balaban J connectivity index is 3.33. The summed E-state index contributed by atoms with van der Waals surface area (Å²) in [5.41, 5.74) is 12.4. The van der Waals surface area contributed by atoms with Gasteiger partial charge in [-0.15, -0.1) is 0 Å². The fraction of sp³-hybridized carbons (Fsp3) is 0.684. The third kappa shape index (κ3) is 6.59. The monoisotopic (exact) mass is 518 g/mol. The van der Waals surface area contributed by atoms with Crippen LogP contribution in [0, 0.1) is 0 Å². The minimum atomic E-state index is 0.0267. The van der Waals surface area contributed by atoms with Crippen LogP contribution in [0.4, 0.5) is 0 Å². The molecule has 0 atom stereocenters. The molecule has 0 unspecified atom stereocenters. The molecule has 2 aromatic rings. The van der Waals surface area contributed by atoms with E-state index in [-0.39, 0.29) is 38.4 Å². The molecule has 214 valence electrons. The van der Waals surface area contributed by atoms with E-state index in [1.165, 1.54) is 22.3 Å². The summed E-state index contributed by atoms with van der Waals surface area (Å²) in [6.45, 7) is 45.6. The largest absolute Gasteiger partial charge is 0.0579 e. The van der Waals surface area contributed by atoms with Crippen molar-refractivity contribution < 1.29 is 0 Å². The molecule has 0 aliphatic carbocycles. The molecule has 0 aliphatic rings. The Hall–Kier alpha value is -1.56. The minimum absolute atomic E-state index is 0.0267. The summed E-state index contributed by atoms with van der Waals surface area (Å²) in [4.78, 5) is 0. The number of hydrogen-bond acceptors (Lipinski definition) is 0. The van der Waals surface area contributed by atoms with Gasteiger partial charge in [0.2, 0.25) is 0 Å². The lowest BCUT2D eigenvalue weighted by molar-refractivity contribution is 0.498. The second kappa shape index (κ2) is 9.82. The van der Waals surface area contributed by atoms with Gasteiger partial charge < -0.3 is 0 Å². The Bertz CT molecular complexity index is 1050. The molecule has 0 heterocycles. The van der Waals surface area contributed by atoms with Crippen LogP contribution < -0.4 is 0 Å². The lowest BCUT2D eigenvalue weighted by Crippen LogP contribution is -2.31. The van der Waals surface area contributed by atoms with Gasteiger partial charge in [-0.3, -0.25) is 0 Å². The van der Waals surface area contributed by atoms with Crippen LogP contribution >= 0.6 is 0 Å². The van der Waals surface area contributed by atoms with E-state index in [4.69, 9.17) is 0 Å². The van der Waals surface area contributed by atoms with Gasteiger partial charge in [-0.25, -0.2) is 0 Å². The van der Waals surface area contributed by atoms with E-state index >= 15 is 0 Å². The summed E-state index contributed by atoms with van der Waals surface area (Å²) in [5, 5.41) is 0. The standard InChI is InChI=1S/C38H62/c1-24(29-25(33(2,3)4)20-22-27(35(8,9)10)31(29)37(14,15)16)30-26(34(5,6)7)21-23-28(36(11,12)13)32(30)38(17,18)19/h20-24H,1-19H3. The molecule has 0 spiro atoms. The fourth-order valence-electron chi connectivity index (χ4n) is 6.46. The summed E-state index contributed by atoms with van der Waals surface area (Å²) in [7, 11) is 0. The van der Waals surface area contributed by atoms with E-state index in [1.54, 1.807) is 22.3 Å². The predicted octanol–water partition coefficient (Wildman–Crippen LogP) is 11.6. The first-order valence-electron chi connectivity index (χ1n) is 15.0. The van der Waals surface area contributed by atoms with Crippen LogP contribution in [0.15, 0.2) is 24.3 Å². The average molecular weight is 519 g/mol. The average Bonchev–Trinajstić information content (AvgIpc) is 2.67. The zero-order chi connectivity index (χ0) is 30.0. The highest BCUT2D eigenvalue weighted by Crippen LogP contribution is 2.50. The minimum Gasteiger partial charge on any atom is -0.0579 e. The molecule has 0 bridgehead atoms. The Morgan fingerprint density at radius 1 is 0.342 bits per heavy atom. The van der Waals surface area contributed by atoms with Gasteiger partial charge in [0.1, 0.15) is 0 Å². The second-order valence-corrected chi connectivity index (χ2v) is 18.1. The zero-order valence-corrected chi connectivity index (χ0v) is 28.9. The zero-order valence-electron chi connectivity index (χ0n) is 28.9. The van der Waals surface area contributed by atoms with Crippen LogP contribution in [-0.4, -0.2) is 0 Å². The van der Waals surface area contributed by atoms with Crippen molar-refractivity contribution in [2.45, 2.75) is 170 Å². The second-order valence-electron chi connectivity index (χ2n) is 18.1. The molecular formula is C38H62. The van der Waals surface area contributed by atoms with Gasteiger partial charge in [-0.2, -0.15) is 0 Å². The van der Waals surface area contributed by atoms with Crippen molar-refractivity contribution in [3.05, 3.63) is 68.8 Å². The summed E-state index contributed by atoms with van der Waals surface area (Å²) in [6.07, 6.45) is 0. The molecule has 0 amide bonds. The van der Waals surface area contributed by atoms with E-state index in [9.17, 15) is 0 Å². The van der Waals surface area contributed by atoms with Crippen molar-refractivity contribution in [1.82, 2.24) is 0 Å². The van der Waals surface area contributed by atoms with E-state index in [0.717, 1.165) is 0 Å². The molecule has 0 N–H and O–H groups in total. The van der Waals surface area contributed by atoms with Crippen LogP contribution in [0.2, 0.25) is 0 Å². The lowest BCUT2D eigenvalue weighted by Gasteiger charge is -2.42. The molecule has 0 saturated carbocycles. The van der Waals surface area contributed by atoms with Crippen molar-refractivity contribution in [2.75, 3.05) is 0 Å². The summed E-state index contributed by atoms with van der Waals surface area (Å²) >= 11 is 0. The van der Waals surface area contributed by atoms with Gasteiger partial charge in [-0.1, -0.05) is 156 Å². The van der Waals surface area contributed by atoms with Crippen molar-refractivity contribution in [3.8, 4) is 0 Å². The quantitative estimate of drug-likeness (QED) is 0.371. The lowest BCUT2D eigenvalue weighted by atomic mass is 9.63.